The predicted molar refractivity (Wildman–Crippen MR) is 99.4 cm³/mol. The summed E-state index contributed by atoms with van der Waals surface area (Å²) >= 11 is 0. The molecule has 0 radical (unpaired) electrons. The molecule has 0 bridgehead atoms. The van der Waals surface area contributed by atoms with Gasteiger partial charge in [0.1, 0.15) is 11.4 Å². The Balaban J connectivity index is 2.40. The maximum absolute atomic E-state index is 10.5. The Hall–Kier alpha value is -1.04. The van der Waals surface area contributed by atoms with Crippen molar-refractivity contribution >= 4 is 8.32 Å². The number of ether oxygens (including phenoxy) is 2. The zero-order valence-electron chi connectivity index (χ0n) is 16.1. The third-order valence-electron chi connectivity index (χ3n) is 5.38. The van der Waals surface area contributed by atoms with E-state index in [9.17, 15) is 5.11 Å². The van der Waals surface area contributed by atoms with Crippen molar-refractivity contribution in [1.29, 1.82) is 0 Å². The van der Waals surface area contributed by atoms with Crippen LogP contribution in [0, 0.1) is 0 Å². The van der Waals surface area contributed by atoms with Crippen LogP contribution in [0.4, 0.5) is 0 Å². The Labute approximate surface area is 147 Å². The molecule has 0 aliphatic carbocycles. The molecule has 0 aromatic heterocycles. The lowest BCUT2D eigenvalue weighted by Gasteiger charge is -2.42. The molecule has 0 spiro atoms. The zero-order valence-corrected chi connectivity index (χ0v) is 17.1. The van der Waals surface area contributed by atoms with Crippen LogP contribution in [0.3, 0.4) is 0 Å². The van der Waals surface area contributed by atoms with Gasteiger partial charge in [0.05, 0.1) is 20.3 Å². The standard InChI is InChI=1S/C19H32O4Si/c1-13(2)24(14(3)4,15(5)6)23-17-9-8-16(10-18(17)21-7)19(20)11-22-12-19/h8-10,13-15,20H,11-12H2,1-7H3. The van der Waals surface area contributed by atoms with Gasteiger partial charge >= 0.3 is 0 Å². The fraction of sp³-hybridized carbons (Fsp3) is 0.684. The number of methoxy groups -OCH3 is 1. The zero-order chi connectivity index (χ0) is 18.1. The summed E-state index contributed by atoms with van der Waals surface area (Å²) in [4.78, 5) is 0. The summed E-state index contributed by atoms with van der Waals surface area (Å²) in [6.07, 6.45) is 0. The summed E-state index contributed by atoms with van der Waals surface area (Å²) in [7, 11) is -0.391. The second kappa shape index (κ2) is 7.06. The van der Waals surface area contributed by atoms with E-state index in [2.05, 4.69) is 41.5 Å². The Morgan fingerprint density at radius 3 is 1.92 bits per heavy atom. The lowest BCUT2D eigenvalue weighted by Crippen LogP contribution is -2.50. The highest BCUT2D eigenvalue weighted by atomic mass is 28.4. The largest absolute Gasteiger partial charge is 0.540 e. The molecule has 0 saturated carbocycles. The Morgan fingerprint density at radius 2 is 1.54 bits per heavy atom. The van der Waals surface area contributed by atoms with Gasteiger partial charge in [0.2, 0.25) is 0 Å². The summed E-state index contributed by atoms with van der Waals surface area (Å²) in [6, 6.07) is 5.76. The molecule has 1 aromatic carbocycles. The van der Waals surface area contributed by atoms with Crippen molar-refractivity contribution in [3.63, 3.8) is 0 Å². The van der Waals surface area contributed by atoms with Crippen LogP contribution >= 0.6 is 0 Å². The van der Waals surface area contributed by atoms with Crippen LogP contribution in [0.1, 0.15) is 47.1 Å². The average molecular weight is 353 g/mol. The Morgan fingerprint density at radius 1 is 1.00 bits per heavy atom. The Kier molecular flexibility index (Phi) is 5.67. The van der Waals surface area contributed by atoms with Crippen molar-refractivity contribution < 1.29 is 19.0 Å². The normalized spacial score (nSPS) is 17.3. The maximum Gasteiger partial charge on any atom is 0.258 e. The lowest BCUT2D eigenvalue weighted by atomic mass is 9.92. The summed E-state index contributed by atoms with van der Waals surface area (Å²) in [5.74, 6) is 1.47. The number of hydrogen-bond donors (Lipinski definition) is 1. The highest BCUT2D eigenvalue weighted by Crippen LogP contribution is 2.45. The maximum atomic E-state index is 10.5. The molecule has 2 rings (SSSR count). The number of aliphatic hydroxyl groups is 1. The van der Waals surface area contributed by atoms with Gasteiger partial charge in [-0.3, -0.25) is 0 Å². The molecule has 0 atom stereocenters. The average Bonchev–Trinajstić information content (AvgIpc) is 2.49. The van der Waals surface area contributed by atoms with Gasteiger partial charge in [-0.25, -0.2) is 0 Å². The van der Waals surface area contributed by atoms with E-state index in [0.717, 1.165) is 11.3 Å². The van der Waals surface area contributed by atoms with Crippen molar-refractivity contribution in [3.05, 3.63) is 23.8 Å². The van der Waals surface area contributed by atoms with Gasteiger partial charge in [0, 0.05) is 0 Å². The van der Waals surface area contributed by atoms with Gasteiger partial charge in [-0.05, 0) is 34.3 Å². The molecule has 1 aliphatic heterocycles. The number of rotatable bonds is 7. The van der Waals surface area contributed by atoms with E-state index in [-0.39, 0.29) is 0 Å². The van der Waals surface area contributed by atoms with E-state index in [1.165, 1.54) is 0 Å². The highest BCUT2D eigenvalue weighted by molar-refractivity contribution is 6.78. The lowest BCUT2D eigenvalue weighted by molar-refractivity contribution is -0.184. The van der Waals surface area contributed by atoms with E-state index in [1.807, 2.05) is 18.2 Å². The molecule has 24 heavy (non-hydrogen) atoms. The van der Waals surface area contributed by atoms with Crippen molar-refractivity contribution in [1.82, 2.24) is 0 Å². The van der Waals surface area contributed by atoms with E-state index in [4.69, 9.17) is 13.9 Å². The van der Waals surface area contributed by atoms with Crippen molar-refractivity contribution in [3.8, 4) is 11.5 Å². The summed E-state index contributed by atoms with van der Waals surface area (Å²) in [5, 5.41) is 10.5. The first-order chi connectivity index (χ1) is 11.2. The summed E-state index contributed by atoms with van der Waals surface area (Å²) in [6.45, 7) is 14.3. The second-order valence-electron chi connectivity index (χ2n) is 7.81. The van der Waals surface area contributed by atoms with Gasteiger partial charge in [0.15, 0.2) is 5.75 Å². The third-order valence-corrected chi connectivity index (χ3v) is 11.4. The first-order valence-electron chi connectivity index (χ1n) is 8.85. The van der Waals surface area contributed by atoms with Crippen molar-refractivity contribution in [2.75, 3.05) is 20.3 Å². The van der Waals surface area contributed by atoms with Crippen LogP contribution in [0.2, 0.25) is 16.6 Å². The molecule has 136 valence electrons. The molecule has 1 aromatic rings. The molecule has 0 amide bonds. The van der Waals surface area contributed by atoms with Crippen LogP contribution < -0.4 is 9.16 Å². The van der Waals surface area contributed by atoms with Crippen molar-refractivity contribution in [2.24, 2.45) is 0 Å². The third kappa shape index (κ3) is 3.21. The fourth-order valence-electron chi connectivity index (χ4n) is 4.05. The van der Waals surface area contributed by atoms with E-state index in [0.29, 0.717) is 35.6 Å². The molecule has 1 heterocycles. The molecular formula is C19H32O4Si. The molecule has 5 heteroatoms. The van der Waals surface area contributed by atoms with Crippen LogP contribution in [-0.2, 0) is 10.3 Å². The minimum absolute atomic E-state index is 0.332. The van der Waals surface area contributed by atoms with Gasteiger partial charge < -0.3 is 19.0 Å². The predicted octanol–water partition coefficient (Wildman–Crippen LogP) is 4.47. The first kappa shape index (κ1) is 19.3. The van der Waals surface area contributed by atoms with E-state index < -0.39 is 13.9 Å². The smallest absolute Gasteiger partial charge is 0.258 e. The minimum Gasteiger partial charge on any atom is -0.540 e. The van der Waals surface area contributed by atoms with Crippen LogP contribution in [-0.4, -0.2) is 33.7 Å². The van der Waals surface area contributed by atoms with Crippen molar-refractivity contribution in [2.45, 2.75) is 63.8 Å². The number of hydrogen-bond acceptors (Lipinski definition) is 4. The summed E-state index contributed by atoms with van der Waals surface area (Å²) in [5.41, 5.74) is 1.40. The topological polar surface area (TPSA) is 47.9 Å². The number of benzene rings is 1. The van der Waals surface area contributed by atoms with Crippen LogP contribution in [0.5, 0.6) is 11.5 Å². The van der Waals surface area contributed by atoms with Crippen LogP contribution in [0.25, 0.3) is 0 Å². The molecule has 1 N–H and O–H groups in total. The van der Waals surface area contributed by atoms with E-state index >= 15 is 0 Å². The first-order valence-corrected chi connectivity index (χ1v) is 11.0. The van der Waals surface area contributed by atoms with Gasteiger partial charge in [-0.1, -0.05) is 47.6 Å². The second-order valence-corrected chi connectivity index (χ2v) is 13.2. The quantitative estimate of drug-likeness (QED) is 0.736. The monoisotopic (exact) mass is 352 g/mol. The SMILES string of the molecule is COc1cc(C2(O)COC2)ccc1O[Si](C(C)C)(C(C)C)C(C)C. The molecule has 1 saturated heterocycles. The van der Waals surface area contributed by atoms with Gasteiger partial charge in [0.25, 0.3) is 8.32 Å². The summed E-state index contributed by atoms with van der Waals surface area (Å²) < 4.78 is 17.5. The van der Waals surface area contributed by atoms with Gasteiger partial charge in [-0.15, -0.1) is 0 Å². The molecule has 0 unspecified atom stereocenters. The molecular weight excluding hydrogens is 320 g/mol. The Bertz CT molecular complexity index is 543. The highest BCUT2D eigenvalue weighted by Gasteiger charge is 2.47. The molecule has 4 nitrogen and oxygen atoms in total. The fourth-order valence-corrected chi connectivity index (χ4v) is 9.30. The van der Waals surface area contributed by atoms with Gasteiger partial charge in [-0.2, -0.15) is 0 Å². The molecule has 1 fully saturated rings. The van der Waals surface area contributed by atoms with Crippen LogP contribution in [0.15, 0.2) is 18.2 Å². The molecule has 1 aliphatic rings. The van der Waals surface area contributed by atoms with E-state index in [1.54, 1.807) is 7.11 Å². The minimum atomic E-state index is -2.04.